The molecular weight excluding hydrogens is 470 g/mol. The monoisotopic (exact) mass is 487 g/mol. The van der Waals surface area contributed by atoms with Gasteiger partial charge < -0.3 is 9.88 Å². The number of nitrogens with one attached hydrogen (secondary N) is 1. The van der Waals surface area contributed by atoms with E-state index < -0.39 is 4.92 Å². The lowest BCUT2D eigenvalue weighted by Gasteiger charge is -2.09. The molecule has 32 heavy (non-hydrogen) atoms. The van der Waals surface area contributed by atoms with Crippen molar-refractivity contribution in [2.75, 3.05) is 11.1 Å². The van der Waals surface area contributed by atoms with Gasteiger partial charge in [-0.25, -0.2) is 0 Å². The number of halogens is 1. The minimum atomic E-state index is -0.588. The third kappa shape index (κ3) is 4.62. The smallest absolute Gasteiger partial charge is 0.289 e. The fraction of sp³-hybridized carbons (Fsp3) is 0.190. The molecule has 0 fully saturated rings. The maximum atomic E-state index is 12.4. The first-order valence-corrected chi connectivity index (χ1v) is 12.0. The third-order valence-corrected chi connectivity index (χ3v) is 6.89. The molecule has 1 N–H and O–H groups in total. The van der Waals surface area contributed by atoms with Crippen molar-refractivity contribution >= 4 is 62.1 Å². The molecule has 0 aliphatic carbocycles. The number of amides is 1. The lowest BCUT2D eigenvalue weighted by atomic mass is 10.1. The van der Waals surface area contributed by atoms with Gasteiger partial charge in [0.25, 0.3) is 5.69 Å². The van der Waals surface area contributed by atoms with E-state index in [1.54, 1.807) is 11.3 Å². The lowest BCUT2D eigenvalue weighted by molar-refractivity contribution is -0.384. The maximum Gasteiger partial charge on any atom is 0.289 e. The number of carbonyl (C=O) groups excluding carboxylic acids is 1. The van der Waals surface area contributed by atoms with Crippen LogP contribution in [0.4, 0.5) is 11.4 Å². The van der Waals surface area contributed by atoms with Gasteiger partial charge in [-0.15, -0.1) is 21.5 Å². The SMILES string of the molecule is CCCn1c(SCC(=O)Nc2ccc(Cl)c([N+](=O)[O-])c2)nnc1-c1csc2ccccc12. The van der Waals surface area contributed by atoms with Crippen LogP contribution >= 0.6 is 34.7 Å². The highest BCUT2D eigenvalue weighted by Gasteiger charge is 2.19. The summed E-state index contributed by atoms with van der Waals surface area (Å²) in [6, 6.07) is 12.3. The molecule has 0 aliphatic rings. The van der Waals surface area contributed by atoms with E-state index in [4.69, 9.17) is 11.6 Å². The molecular formula is C21H18ClN5O3S2. The molecule has 164 valence electrons. The van der Waals surface area contributed by atoms with Crippen molar-refractivity contribution in [3.05, 3.63) is 63.0 Å². The van der Waals surface area contributed by atoms with Crippen molar-refractivity contribution in [2.45, 2.75) is 25.0 Å². The third-order valence-electron chi connectivity index (χ3n) is 4.64. The summed E-state index contributed by atoms with van der Waals surface area (Å²) < 4.78 is 3.21. The number of nitro benzene ring substituents is 1. The van der Waals surface area contributed by atoms with E-state index in [-0.39, 0.29) is 22.4 Å². The molecule has 4 aromatic rings. The molecule has 1 amide bonds. The molecule has 4 rings (SSSR count). The number of thiophene rings is 1. The molecule has 2 aromatic carbocycles. The Bertz CT molecular complexity index is 1300. The summed E-state index contributed by atoms with van der Waals surface area (Å²) in [6.45, 7) is 2.80. The molecule has 11 heteroatoms. The van der Waals surface area contributed by atoms with Crippen LogP contribution in [0.15, 0.2) is 53.0 Å². The van der Waals surface area contributed by atoms with Crippen LogP contribution in [0.1, 0.15) is 13.3 Å². The Hall–Kier alpha value is -2.95. The molecule has 0 saturated carbocycles. The van der Waals surface area contributed by atoms with E-state index in [1.165, 1.54) is 34.7 Å². The summed E-state index contributed by atoms with van der Waals surface area (Å²) in [6.07, 6.45) is 0.890. The van der Waals surface area contributed by atoms with Gasteiger partial charge >= 0.3 is 0 Å². The van der Waals surface area contributed by atoms with Crippen LogP contribution in [0.25, 0.3) is 21.5 Å². The number of nitro groups is 1. The largest absolute Gasteiger partial charge is 0.325 e. The van der Waals surface area contributed by atoms with E-state index in [9.17, 15) is 14.9 Å². The molecule has 8 nitrogen and oxygen atoms in total. The first-order valence-electron chi connectivity index (χ1n) is 9.74. The molecule has 0 saturated heterocycles. The summed E-state index contributed by atoms with van der Waals surface area (Å²) in [4.78, 5) is 22.9. The predicted octanol–water partition coefficient (Wildman–Crippen LogP) is 5.86. The maximum absolute atomic E-state index is 12.4. The lowest BCUT2D eigenvalue weighted by Crippen LogP contribution is -2.15. The number of fused-ring (bicyclic) bond motifs is 1. The Morgan fingerprint density at radius 3 is 2.88 bits per heavy atom. The van der Waals surface area contributed by atoms with Crippen LogP contribution in [0.3, 0.4) is 0 Å². The highest BCUT2D eigenvalue weighted by atomic mass is 35.5. The number of anilines is 1. The second kappa shape index (κ2) is 9.68. The first-order chi connectivity index (χ1) is 15.5. The molecule has 2 aromatic heterocycles. The van der Waals surface area contributed by atoms with E-state index >= 15 is 0 Å². The number of benzene rings is 2. The van der Waals surface area contributed by atoms with Gasteiger partial charge in [-0.2, -0.15) is 0 Å². The van der Waals surface area contributed by atoms with Crippen LogP contribution in [0.5, 0.6) is 0 Å². The minimum absolute atomic E-state index is 0.0172. The van der Waals surface area contributed by atoms with Crippen molar-refractivity contribution in [3.63, 3.8) is 0 Å². The second-order valence-corrected chi connectivity index (χ2v) is 9.12. The van der Waals surface area contributed by atoms with Crippen molar-refractivity contribution in [1.29, 1.82) is 0 Å². The van der Waals surface area contributed by atoms with E-state index in [0.29, 0.717) is 10.8 Å². The zero-order valence-electron chi connectivity index (χ0n) is 16.9. The minimum Gasteiger partial charge on any atom is -0.325 e. The second-order valence-electron chi connectivity index (χ2n) is 6.86. The van der Waals surface area contributed by atoms with Crippen LogP contribution in [-0.2, 0) is 11.3 Å². The van der Waals surface area contributed by atoms with Crippen molar-refractivity contribution < 1.29 is 9.72 Å². The molecule has 0 aliphatic heterocycles. The Morgan fingerprint density at radius 1 is 1.28 bits per heavy atom. The fourth-order valence-electron chi connectivity index (χ4n) is 3.23. The summed E-state index contributed by atoms with van der Waals surface area (Å²) in [5.41, 5.74) is 1.08. The quantitative estimate of drug-likeness (QED) is 0.189. The summed E-state index contributed by atoms with van der Waals surface area (Å²) in [5, 5.41) is 26.3. The molecule has 0 unspecified atom stereocenters. The number of hydrogen-bond donors (Lipinski definition) is 1. The van der Waals surface area contributed by atoms with Gasteiger partial charge in [0.1, 0.15) is 5.02 Å². The first kappa shape index (κ1) is 22.3. The molecule has 0 bridgehead atoms. The highest BCUT2D eigenvalue weighted by molar-refractivity contribution is 7.99. The van der Waals surface area contributed by atoms with Crippen molar-refractivity contribution in [3.8, 4) is 11.4 Å². The van der Waals surface area contributed by atoms with E-state index in [0.717, 1.165) is 29.7 Å². The molecule has 0 atom stereocenters. The number of nitrogens with zero attached hydrogens (tertiary/aromatic N) is 4. The Labute approximate surface area is 196 Å². The number of hydrogen-bond acceptors (Lipinski definition) is 7. The zero-order valence-corrected chi connectivity index (χ0v) is 19.3. The number of rotatable bonds is 8. The van der Waals surface area contributed by atoms with Crippen LogP contribution in [0, 0.1) is 10.1 Å². The van der Waals surface area contributed by atoms with E-state index in [1.807, 2.05) is 16.7 Å². The van der Waals surface area contributed by atoms with Crippen molar-refractivity contribution in [2.24, 2.45) is 0 Å². The van der Waals surface area contributed by atoms with Gasteiger partial charge in [-0.05, 0) is 24.6 Å². The van der Waals surface area contributed by atoms with Crippen LogP contribution in [0.2, 0.25) is 5.02 Å². The number of thioether (sulfide) groups is 1. The predicted molar refractivity (Wildman–Crippen MR) is 129 cm³/mol. The van der Waals surface area contributed by atoms with E-state index in [2.05, 4.69) is 40.0 Å². The van der Waals surface area contributed by atoms with Crippen LogP contribution in [-0.4, -0.2) is 31.3 Å². The Kier molecular flexibility index (Phi) is 6.73. The van der Waals surface area contributed by atoms with Crippen LogP contribution < -0.4 is 5.32 Å². The number of carbonyl (C=O) groups is 1. The van der Waals surface area contributed by atoms with Gasteiger partial charge in [0.2, 0.25) is 5.91 Å². The molecule has 2 heterocycles. The van der Waals surface area contributed by atoms with Gasteiger partial charge in [-0.1, -0.05) is 48.5 Å². The molecule has 0 radical (unpaired) electrons. The van der Waals surface area contributed by atoms with Crippen molar-refractivity contribution in [1.82, 2.24) is 14.8 Å². The summed E-state index contributed by atoms with van der Waals surface area (Å²) >= 11 is 8.75. The average molecular weight is 488 g/mol. The topological polar surface area (TPSA) is 103 Å². The van der Waals surface area contributed by atoms with Gasteiger partial charge in [0, 0.05) is 39.3 Å². The average Bonchev–Trinajstić information content (AvgIpc) is 3.37. The van der Waals surface area contributed by atoms with Gasteiger partial charge in [0.05, 0.1) is 10.7 Å². The highest BCUT2D eigenvalue weighted by Crippen LogP contribution is 2.34. The Balaban J connectivity index is 1.51. The standard InChI is InChI=1S/C21H18ClN5O3S2/c1-2-9-26-20(15-11-31-18-6-4-3-5-14(15)18)24-25-21(26)32-12-19(28)23-13-7-8-16(22)17(10-13)27(29)30/h3-8,10-11H,2,9,12H2,1H3,(H,23,28). The summed E-state index contributed by atoms with van der Waals surface area (Å²) in [7, 11) is 0. The van der Waals surface area contributed by atoms with Gasteiger partial charge in [0.15, 0.2) is 11.0 Å². The number of aromatic nitrogens is 3. The molecule has 0 spiro atoms. The fourth-order valence-corrected chi connectivity index (χ4v) is 5.12. The van der Waals surface area contributed by atoms with Gasteiger partial charge in [-0.3, -0.25) is 14.9 Å². The normalized spacial score (nSPS) is 11.1. The summed E-state index contributed by atoms with van der Waals surface area (Å²) in [5.74, 6) is 0.559. The zero-order chi connectivity index (χ0) is 22.7. The Morgan fingerprint density at radius 2 is 2.09 bits per heavy atom.